The van der Waals surface area contributed by atoms with Crippen molar-refractivity contribution in [3.05, 3.63) is 53.9 Å². The fourth-order valence-corrected chi connectivity index (χ4v) is 7.84. The van der Waals surface area contributed by atoms with Gasteiger partial charge in [-0.05, 0) is 81.9 Å². The number of hydrogen-bond acceptors (Lipinski definition) is 9. The van der Waals surface area contributed by atoms with Crippen molar-refractivity contribution in [3.63, 3.8) is 0 Å². The number of aryl methyl sites for hydroxylation is 1. The molecular weight excluding hydrogens is 662 g/mol. The molecule has 3 aliphatic heterocycles. The van der Waals surface area contributed by atoms with Crippen molar-refractivity contribution in [1.82, 2.24) is 30.1 Å². The number of rotatable bonds is 10. The molecule has 282 valence electrons. The van der Waals surface area contributed by atoms with Gasteiger partial charge in [-0.3, -0.25) is 14.3 Å². The Bertz CT molecular complexity index is 1700. The molecule has 0 spiro atoms. The third-order valence-electron chi connectivity index (χ3n) is 10.7. The van der Waals surface area contributed by atoms with Crippen LogP contribution in [0.3, 0.4) is 0 Å². The number of piperidine rings is 1. The Hall–Kier alpha value is -4.39. The standard InChI is InChI=1S/C39H55N7O6/c1-24(2)35(33-20-34(42-52-33)45-21-27(22-45)18-26-13-16-44(17-14-26)38(50)51-39(4,5)6)37(49)46-23-30(47)19-32(46)36(48)41-25(3)28-8-10-29(11-9-28)31-12-15-40-43(31)7/h8-12,15,20,24-27,30,32,35,47H,13-14,16-19,21-23H2,1-7H3,(H,41,48)/t25-,30+,32-,35-/m0/s1. The Morgan fingerprint density at radius 3 is 2.33 bits per heavy atom. The Balaban J connectivity index is 1.02. The van der Waals surface area contributed by atoms with Crippen LogP contribution in [0.5, 0.6) is 0 Å². The first kappa shape index (κ1) is 37.4. The molecule has 4 atom stereocenters. The van der Waals surface area contributed by atoms with Gasteiger partial charge >= 0.3 is 6.09 Å². The number of carbonyl (C=O) groups is 3. The maximum Gasteiger partial charge on any atom is 0.410 e. The van der Waals surface area contributed by atoms with Crippen LogP contribution in [0.1, 0.15) is 90.5 Å². The van der Waals surface area contributed by atoms with Crippen LogP contribution in [0, 0.1) is 17.8 Å². The van der Waals surface area contributed by atoms with Crippen molar-refractivity contribution in [2.24, 2.45) is 24.8 Å². The van der Waals surface area contributed by atoms with Gasteiger partial charge in [0.05, 0.1) is 17.8 Å². The highest BCUT2D eigenvalue weighted by atomic mass is 16.6. The van der Waals surface area contributed by atoms with Crippen LogP contribution < -0.4 is 10.2 Å². The summed E-state index contributed by atoms with van der Waals surface area (Å²) in [4.78, 5) is 45.7. The number of β-amino-alcohol motifs (C(OH)–C–C–N with tert-alkyl or cyclic N) is 1. The topological polar surface area (TPSA) is 146 Å². The van der Waals surface area contributed by atoms with Crippen LogP contribution in [-0.2, 0) is 21.4 Å². The summed E-state index contributed by atoms with van der Waals surface area (Å²) in [6.45, 7) is 14.8. The van der Waals surface area contributed by atoms with Crippen molar-refractivity contribution in [2.75, 3.05) is 37.6 Å². The molecule has 13 heteroatoms. The van der Waals surface area contributed by atoms with Crippen LogP contribution in [0.4, 0.5) is 10.6 Å². The Morgan fingerprint density at radius 2 is 1.71 bits per heavy atom. The smallest absolute Gasteiger partial charge is 0.410 e. The predicted octanol–water partition coefficient (Wildman–Crippen LogP) is 5.13. The second-order valence-electron chi connectivity index (χ2n) is 16.3. The highest BCUT2D eigenvalue weighted by Gasteiger charge is 2.44. The van der Waals surface area contributed by atoms with Gasteiger partial charge in [-0.1, -0.05) is 43.3 Å². The van der Waals surface area contributed by atoms with Gasteiger partial charge in [0.15, 0.2) is 11.6 Å². The van der Waals surface area contributed by atoms with E-state index in [-0.39, 0.29) is 42.8 Å². The average molecular weight is 718 g/mol. The molecule has 5 heterocycles. The molecule has 0 aliphatic carbocycles. The summed E-state index contributed by atoms with van der Waals surface area (Å²) >= 11 is 0. The lowest BCUT2D eigenvalue weighted by Gasteiger charge is -2.42. The third-order valence-corrected chi connectivity index (χ3v) is 10.7. The van der Waals surface area contributed by atoms with E-state index in [1.807, 2.05) is 94.6 Å². The maximum absolute atomic E-state index is 14.1. The number of nitrogens with one attached hydrogen (secondary N) is 1. The molecule has 0 saturated carbocycles. The average Bonchev–Trinajstić information content (AvgIpc) is 3.82. The second-order valence-corrected chi connectivity index (χ2v) is 16.3. The van der Waals surface area contributed by atoms with Crippen molar-refractivity contribution in [3.8, 4) is 11.3 Å². The van der Waals surface area contributed by atoms with E-state index < -0.39 is 23.7 Å². The first-order chi connectivity index (χ1) is 24.7. The summed E-state index contributed by atoms with van der Waals surface area (Å²) in [5, 5.41) is 22.3. The SMILES string of the molecule is CC(C)[C@H](C(=O)N1C[C@H](O)C[C@H]1C(=O)N[C@@H](C)c1ccc(-c2ccnn2C)cc1)c1cc(N2CC(CC3CCN(C(=O)OC(C)(C)C)CC3)C2)no1. The lowest BCUT2D eigenvalue weighted by Crippen LogP contribution is -2.49. The van der Waals surface area contributed by atoms with Gasteiger partial charge in [0.1, 0.15) is 17.6 Å². The van der Waals surface area contributed by atoms with Crippen LogP contribution in [0.15, 0.2) is 47.1 Å². The third kappa shape index (κ3) is 8.46. The molecule has 0 bridgehead atoms. The van der Waals surface area contributed by atoms with E-state index in [1.54, 1.807) is 6.20 Å². The zero-order valence-electron chi connectivity index (χ0n) is 31.6. The summed E-state index contributed by atoms with van der Waals surface area (Å²) in [7, 11) is 1.89. The van der Waals surface area contributed by atoms with Crippen molar-refractivity contribution in [1.29, 1.82) is 0 Å². The lowest BCUT2D eigenvalue weighted by molar-refractivity contribution is -0.141. The summed E-state index contributed by atoms with van der Waals surface area (Å²) < 4.78 is 13.2. The normalized spacial score (nSPS) is 21.3. The first-order valence-electron chi connectivity index (χ1n) is 18.7. The zero-order valence-corrected chi connectivity index (χ0v) is 31.6. The summed E-state index contributed by atoms with van der Waals surface area (Å²) in [5.74, 6) is 0.973. The molecule has 3 saturated heterocycles. The molecule has 13 nitrogen and oxygen atoms in total. The van der Waals surface area contributed by atoms with Gasteiger partial charge in [0.25, 0.3) is 0 Å². The molecule has 3 aliphatic rings. The molecule has 3 amide bonds. The molecule has 0 radical (unpaired) electrons. The summed E-state index contributed by atoms with van der Waals surface area (Å²) in [6.07, 6.45) is 3.96. The van der Waals surface area contributed by atoms with Crippen molar-refractivity contribution < 1.29 is 28.8 Å². The molecule has 3 fully saturated rings. The molecule has 2 aromatic heterocycles. The van der Waals surface area contributed by atoms with E-state index in [1.165, 1.54) is 4.90 Å². The van der Waals surface area contributed by atoms with Crippen LogP contribution >= 0.6 is 0 Å². The first-order valence-corrected chi connectivity index (χ1v) is 18.7. The maximum atomic E-state index is 14.1. The molecule has 1 aromatic carbocycles. The molecular formula is C39H55N7O6. The number of ether oxygens (including phenoxy) is 1. The number of aliphatic hydroxyl groups is 1. The number of aromatic nitrogens is 3. The van der Waals surface area contributed by atoms with Gasteiger partial charge in [0, 0.05) is 58.5 Å². The number of likely N-dealkylation sites (tertiary alicyclic amines) is 2. The number of carbonyl (C=O) groups excluding carboxylic acids is 3. The van der Waals surface area contributed by atoms with Crippen LogP contribution in [-0.4, -0.2) is 98.2 Å². The van der Waals surface area contributed by atoms with Crippen molar-refractivity contribution in [2.45, 2.75) is 96.9 Å². The highest BCUT2D eigenvalue weighted by molar-refractivity contribution is 5.91. The highest BCUT2D eigenvalue weighted by Crippen LogP contribution is 2.36. The largest absolute Gasteiger partial charge is 0.444 e. The van der Waals surface area contributed by atoms with E-state index in [2.05, 4.69) is 20.5 Å². The molecule has 6 rings (SSSR count). The zero-order chi connectivity index (χ0) is 37.3. The van der Waals surface area contributed by atoms with E-state index in [9.17, 15) is 19.5 Å². The fourth-order valence-electron chi connectivity index (χ4n) is 7.84. The monoisotopic (exact) mass is 717 g/mol. The minimum absolute atomic E-state index is 0.0828. The minimum atomic E-state index is -0.797. The number of benzene rings is 1. The number of hydrogen-bond donors (Lipinski definition) is 2. The molecule has 0 unspecified atom stereocenters. The Kier molecular flexibility index (Phi) is 11.0. The summed E-state index contributed by atoms with van der Waals surface area (Å²) in [6, 6.07) is 10.7. The van der Waals surface area contributed by atoms with Crippen LogP contribution in [0.25, 0.3) is 11.3 Å². The van der Waals surface area contributed by atoms with Gasteiger partial charge < -0.3 is 34.4 Å². The van der Waals surface area contributed by atoms with Gasteiger partial charge in [-0.15, -0.1) is 0 Å². The number of amides is 3. The quantitative estimate of drug-likeness (QED) is 0.292. The predicted molar refractivity (Wildman–Crippen MR) is 196 cm³/mol. The lowest BCUT2D eigenvalue weighted by atomic mass is 9.83. The van der Waals surface area contributed by atoms with E-state index >= 15 is 0 Å². The van der Waals surface area contributed by atoms with Gasteiger partial charge in [0.2, 0.25) is 11.8 Å². The Labute approximate surface area is 306 Å². The number of aliphatic hydroxyl groups excluding tert-OH is 1. The fraction of sp³-hybridized carbons (Fsp3) is 0.615. The van der Waals surface area contributed by atoms with E-state index in [0.29, 0.717) is 23.4 Å². The van der Waals surface area contributed by atoms with Gasteiger partial charge in [-0.2, -0.15) is 5.10 Å². The van der Waals surface area contributed by atoms with Crippen molar-refractivity contribution >= 4 is 23.7 Å². The Morgan fingerprint density at radius 1 is 1.02 bits per heavy atom. The minimum Gasteiger partial charge on any atom is -0.444 e. The second kappa shape index (κ2) is 15.3. The number of anilines is 1. The van der Waals surface area contributed by atoms with E-state index in [0.717, 1.165) is 62.3 Å². The van der Waals surface area contributed by atoms with E-state index in [4.69, 9.17) is 9.26 Å². The molecule has 2 N–H and O–H groups in total. The number of nitrogens with zero attached hydrogens (tertiary/aromatic N) is 6. The van der Waals surface area contributed by atoms with Crippen LogP contribution in [0.2, 0.25) is 0 Å². The summed E-state index contributed by atoms with van der Waals surface area (Å²) in [5.41, 5.74) is 2.46. The molecule has 52 heavy (non-hydrogen) atoms. The van der Waals surface area contributed by atoms with Gasteiger partial charge in [-0.25, -0.2) is 4.79 Å². The molecule has 3 aromatic rings.